The van der Waals surface area contributed by atoms with E-state index in [0.717, 1.165) is 22.1 Å². The Morgan fingerprint density at radius 2 is 2.00 bits per heavy atom. The van der Waals surface area contributed by atoms with Gasteiger partial charge in [0.1, 0.15) is 5.82 Å². The molecule has 0 fully saturated rings. The summed E-state index contributed by atoms with van der Waals surface area (Å²) in [6.07, 6.45) is 3.76. The summed E-state index contributed by atoms with van der Waals surface area (Å²) >= 11 is 1.51. The highest BCUT2D eigenvalue weighted by Gasteiger charge is 2.16. The van der Waals surface area contributed by atoms with Crippen molar-refractivity contribution in [3.63, 3.8) is 0 Å². The second-order valence-electron chi connectivity index (χ2n) is 4.24. The number of aromatic nitrogens is 2. The highest BCUT2D eigenvalue weighted by Crippen LogP contribution is 2.27. The van der Waals surface area contributed by atoms with Gasteiger partial charge in [-0.3, -0.25) is 0 Å². The zero-order valence-electron chi connectivity index (χ0n) is 11.3. The predicted octanol–water partition coefficient (Wildman–Crippen LogP) is 2.60. The van der Waals surface area contributed by atoms with Gasteiger partial charge in [0.25, 0.3) is 0 Å². The maximum absolute atomic E-state index is 6.36. The lowest BCUT2D eigenvalue weighted by atomic mass is 9.97. The molecule has 0 aliphatic heterocycles. The molecule has 5 heteroatoms. The zero-order valence-corrected chi connectivity index (χ0v) is 12.2. The first-order valence-electron chi connectivity index (χ1n) is 6.07. The number of nitrogens with zero attached hydrogens (tertiary/aromatic N) is 2. The number of anilines is 1. The average molecular weight is 274 g/mol. The van der Waals surface area contributed by atoms with E-state index < -0.39 is 0 Å². The lowest BCUT2D eigenvalue weighted by Crippen LogP contribution is -2.16. The minimum absolute atomic E-state index is 0.223. The SMILES string of the molecule is CNc1nc(SC)ncc1C(N)c1ccccc1C. The van der Waals surface area contributed by atoms with Gasteiger partial charge in [-0.15, -0.1) is 0 Å². The fourth-order valence-corrected chi connectivity index (χ4v) is 2.35. The summed E-state index contributed by atoms with van der Waals surface area (Å²) in [5.41, 5.74) is 9.54. The third kappa shape index (κ3) is 2.88. The molecular formula is C14H18N4S. The van der Waals surface area contributed by atoms with E-state index >= 15 is 0 Å². The normalized spacial score (nSPS) is 12.2. The molecule has 0 saturated heterocycles. The second kappa shape index (κ2) is 6.04. The maximum atomic E-state index is 6.36. The van der Waals surface area contributed by atoms with Crippen LogP contribution in [0.25, 0.3) is 0 Å². The molecule has 0 radical (unpaired) electrons. The Hall–Kier alpha value is -1.59. The van der Waals surface area contributed by atoms with Gasteiger partial charge in [0, 0.05) is 18.8 Å². The number of nitrogens with one attached hydrogen (secondary N) is 1. The van der Waals surface area contributed by atoms with Crippen molar-refractivity contribution in [3.8, 4) is 0 Å². The van der Waals surface area contributed by atoms with Gasteiger partial charge in [-0.2, -0.15) is 0 Å². The van der Waals surface area contributed by atoms with E-state index in [0.29, 0.717) is 0 Å². The van der Waals surface area contributed by atoms with Crippen molar-refractivity contribution in [3.05, 3.63) is 47.2 Å². The first-order chi connectivity index (χ1) is 9.17. The number of hydrogen-bond acceptors (Lipinski definition) is 5. The standard InChI is InChI=1S/C14H18N4S/c1-9-6-4-5-7-10(9)12(15)11-8-17-14(19-3)18-13(11)16-2/h4-8,12H,15H2,1-3H3,(H,16,17,18). The third-order valence-electron chi connectivity index (χ3n) is 3.07. The zero-order chi connectivity index (χ0) is 13.8. The van der Waals surface area contributed by atoms with E-state index in [2.05, 4.69) is 28.3 Å². The van der Waals surface area contributed by atoms with Crippen molar-refractivity contribution in [2.45, 2.75) is 18.1 Å². The lowest BCUT2D eigenvalue weighted by Gasteiger charge is -2.17. The van der Waals surface area contributed by atoms with Crippen LogP contribution < -0.4 is 11.1 Å². The second-order valence-corrected chi connectivity index (χ2v) is 5.02. The van der Waals surface area contributed by atoms with E-state index in [1.54, 1.807) is 0 Å². The third-order valence-corrected chi connectivity index (χ3v) is 3.63. The average Bonchev–Trinajstić information content (AvgIpc) is 2.46. The molecule has 0 aliphatic carbocycles. The largest absolute Gasteiger partial charge is 0.373 e. The van der Waals surface area contributed by atoms with Gasteiger partial charge in [0.2, 0.25) is 0 Å². The summed E-state index contributed by atoms with van der Waals surface area (Å²) in [6, 6.07) is 7.89. The van der Waals surface area contributed by atoms with Crippen LogP contribution in [0.5, 0.6) is 0 Å². The first kappa shape index (κ1) is 13.8. The number of rotatable bonds is 4. The van der Waals surface area contributed by atoms with Crippen LogP contribution >= 0.6 is 11.8 Å². The van der Waals surface area contributed by atoms with E-state index in [4.69, 9.17) is 5.73 Å². The fourth-order valence-electron chi connectivity index (χ4n) is 2.00. The lowest BCUT2D eigenvalue weighted by molar-refractivity contribution is 0.824. The number of nitrogens with two attached hydrogens (primary N) is 1. The van der Waals surface area contributed by atoms with Crippen molar-refractivity contribution < 1.29 is 0 Å². The van der Waals surface area contributed by atoms with Crippen molar-refractivity contribution in [1.29, 1.82) is 0 Å². The highest BCUT2D eigenvalue weighted by atomic mass is 32.2. The monoisotopic (exact) mass is 274 g/mol. The molecule has 19 heavy (non-hydrogen) atoms. The molecule has 1 unspecified atom stereocenters. The molecule has 0 amide bonds. The van der Waals surface area contributed by atoms with Crippen LogP contribution in [0.1, 0.15) is 22.7 Å². The van der Waals surface area contributed by atoms with Crippen LogP contribution in [0.3, 0.4) is 0 Å². The van der Waals surface area contributed by atoms with E-state index in [1.807, 2.05) is 37.7 Å². The van der Waals surface area contributed by atoms with Crippen LogP contribution in [0.4, 0.5) is 5.82 Å². The number of thioether (sulfide) groups is 1. The smallest absolute Gasteiger partial charge is 0.189 e. The van der Waals surface area contributed by atoms with Crippen molar-refractivity contribution in [2.75, 3.05) is 18.6 Å². The molecule has 2 aromatic rings. The minimum atomic E-state index is -0.223. The topological polar surface area (TPSA) is 63.8 Å². The quantitative estimate of drug-likeness (QED) is 0.663. The van der Waals surface area contributed by atoms with Gasteiger partial charge in [-0.25, -0.2) is 9.97 Å². The molecule has 100 valence electrons. The Balaban J connectivity index is 2.44. The molecule has 1 aromatic heterocycles. The molecule has 1 atom stereocenters. The van der Waals surface area contributed by atoms with E-state index in [9.17, 15) is 0 Å². The van der Waals surface area contributed by atoms with Gasteiger partial charge in [0.05, 0.1) is 6.04 Å². The molecule has 1 aromatic carbocycles. The molecule has 0 aliphatic rings. The first-order valence-corrected chi connectivity index (χ1v) is 7.29. The molecule has 2 rings (SSSR count). The minimum Gasteiger partial charge on any atom is -0.373 e. The Morgan fingerprint density at radius 1 is 1.26 bits per heavy atom. The summed E-state index contributed by atoms with van der Waals surface area (Å²) in [4.78, 5) is 8.76. The van der Waals surface area contributed by atoms with Crippen LogP contribution in [-0.4, -0.2) is 23.3 Å². The Morgan fingerprint density at radius 3 is 2.63 bits per heavy atom. The Bertz CT molecular complexity index is 571. The Kier molecular flexibility index (Phi) is 4.39. The van der Waals surface area contributed by atoms with Gasteiger partial charge >= 0.3 is 0 Å². The molecule has 4 nitrogen and oxygen atoms in total. The molecule has 3 N–H and O–H groups in total. The van der Waals surface area contributed by atoms with Gasteiger partial charge in [-0.05, 0) is 24.3 Å². The fraction of sp³-hybridized carbons (Fsp3) is 0.286. The highest BCUT2D eigenvalue weighted by molar-refractivity contribution is 7.98. The maximum Gasteiger partial charge on any atom is 0.189 e. The number of hydrogen-bond donors (Lipinski definition) is 2. The molecular weight excluding hydrogens is 256 g/mol. The summed E-state index contributed by atoms with van der Waals surface area (Å²) < 4.78 is 0. The number of benzene rings is 1. The van der Waals surface area contributed by atoms with Crippen LogP contribution in [-0.2, 0) is 0 Å². The summed E-state index contributed by atoms with van der Waals surface area (Å²) in [5.74, 6) is 0.787. The summed E-state index contributed by atoms with van der Waals surface area (Å²) in [5, 5.41) is 3.84. The van der Waals surface area contributed by atoms with Crippen molar-refractivity contribution >= 4 is 17.6 Å². The van der Waals surface area contributed by atoms with Crippen LogP contribution in [0, 0.1) is 6.92 Å². The summed E-state index contributed by atoms with van der Waals surface area (Å²) in [6.45, 7) is 2.06. The predicted molar refractivity (Wildman–Crippen MR) is 80.6 cm³/mol. The van der Waals surface area contributed by atoms with Crippen molar-refractivity contribution in [2.24, 2.45) is 5.73 Å². The van der Waals surface area contributed by atoms with Gasteiger partial charge in [-0.1, -0.05) is 36.0 Å². The molecule has 0 bridgehead atoms. The van der Waals surface area contributed by atoms with Gasteiger partial charge < -0.3 is 11.1 Å². The van der Waals surface area contributed by atoms with E-state index in [-0.39, 0.29) is 6.04 Å². The van der Waals surface area contributed by atoms with Crippen molar-refractivity contribution in [1.82, 2.24) is 9.97 Å². The summed E-state index contributed by atoms with van der Waals surface area (Å²) in [7, 11) is 1.85. The van der Waals surface area contributed by atoms with Crippen LogP contribution in [0.15, 0.2) is 35.6 Å². The van der Waals surface area contributed by atoms with Gasteiger partial charge in [0.15, 0.2) is 5.16 Å². The molecule has 1 heterocycles. The molecule has 0 saturated carbocycles. The number of aryl methyl sites for hydroxylation is 1. The van der Waals surface area contributed by atoms with Crippen LogP contribution in [0.2, 0.25) is 0 Å². The Labute approximate surface area is 117 Å². The van der Waals surface area contributed by atoms with E-state index in [1.165, 1.54) is 17.3 Å². The molecule has 0 spiro atoms.